The zero-order chi connectivity index (χ0) is 31.3. The van der Waals surface area contributed by atoms with E-state index in [1.54, 1.807) is 0 Å². The van der Waals surface area contributed by atoms with Crippen LogP contribution in [0.5, 0.6) is 0 Å². The molecule has 3 saturated heterocycles. The van der Waals surface area contributed by atoms with Gasteiger partial charge in [0.25, 0.3) is 0 Å². The van der Waals surface area contributed by atoms with Crippen LogP contribution in [0, 0.1) is 11.8 Å². The van der Waals surface area contributed by atoms with Gasteiger partial charge in [0.1, 0.15) is 0 Å². The fourth-order valence-electron chi connectivity index (χ4n) is 8.75. The van der Waals surface area contributed by atoms with Gasteiger partial charge in [-0.3, -0.25) is 0 Å². The van der Waals surface area contributed by atoms with Crippen molar-refractivity contribution in [2.24, 2.45) is 11.8 Å². The zero-order valence-corrected chi connectivity index (χ0v) is 35.2. The number of hydrogen-bond donors (Lipinski definition) is 0. The molecule has 0 aromatic rings. The molecule has 5 fully saturated rings. The first-order valence-electron chi connectivity index (χ1n) is 17.7. The summed E-state index contributed by atoms with van der Waals surface area (Å²) in [6.07, 6.45) is 13.1. The Morgan fingerprint density at radius 3 is 1.47 bits per heavy atom. The zero-order valence-electron chi connectivity index (χ0n) is 29.2. The van der Waals surface area contributed by atoms with E-state index < -0.39 is 50.9 Å². The van der Waals surface area contributed by atoms with E-state index in [4.69, 9.17) is 30.0 Å². The van der Waals surface area contributed by atoms with Gasteiger partial charge in [0.05, 0.1) is 24.4 Å². The first kappa shape index (κ1) is 35.3. The average Bonchev–Trinajstić information content (AvgIpc) is 3.77. The normalized spacial score (nSPS) is 42.8. The fourth-order valence-corrected chi connectivity index (χ4v) is 43.1. The lowest BCUT2D eigenvalue weighted by Crippen LogP contribution is -2.66. The molecule has 250 valence electrons. The van der Waals surface area contributed by atoms with Crippen molar-refractivity contribution >= 4 is 50.9 Å². The summed E-state index contributed by atoms with van der Waals surface area (Å²) in [6.45, 7) is 23.4. The molecule has 5 rings (SSSR count). The van der Waals surface area contributed by atoms with Crippen LogP contribution in [0.4, 0.5) is 0 Å². The van der Waals surface area contributed by atoms with Crippen molar-refractivity contribution in [2.45, 2.75) is 178 Å². The molecule has 8 atom stereocenters. The van der Waals surface area contributed by atoms with Crippen molar-refractivity contribution in [3.05, 3.63) is 0 Å². The predicted octanol–water partition coefficient (Wildman–Crippen LogP) is 8.74. The number of fused-ring (bicyclic) bond motifs is 2. The molecule has 0 amide bonds. The topological polar surface area (TPSA) is 71.2 Å². The van der Waals surface area contributed by atoms with E-state index in [1.165, 1.54) is 63.8 Å². The molecular weight excluding hydrogens is 641 g/mol. The summed E-state index contributed by atoms with van der Waals surface area (Å²) in [5.41, 5.74) is 0. The van der Waals surface area contributed by atoms with Gasteiger partial charge in [-0.05, 0) is 152 Å². The van der Waals surface area contributed by atoms with Crippen LogP contribution in [0.1, 0.15) is 64.7 Å². The lowest BCUT2D eigenvalue weighted by Gasteiger charge is -2.50. The van der Waals surface area contributed by atoms with Crippen LogP contribution in [0.2, 0.25) is 89.1 Å². The molecule has 5 aliphatic rings. The third kappa shape index (κ3) is 10.3. The Kier molecular flexibility index (Phi) is 10.8. The Hall–Kier alpha value is 1.02. The van der Waals surface area contributed by atoms with E-state index in [0.29, 0.717) is 24.4 Å². The highest BCUT2D eigenvalue weighted by atomic mass is 28.5. The maximum atomic E-state index is 7.46. The van der Waals surface area contributed by atoms with Crippen molar-refractivity contribution < 1.29 is 30.0 Å². The molecule has 0 spiro atoms. The van der Waals surface area contributed by atoms with Gasteiger partial charge in [0.15, 0.2) is 16.6 Å². The van der Waals surface area contributed by atoms with Crippen molar-refractivity contribution in [3.63, 3.8) is 0 Å². The number of epoxide rings is 2. The fraction of sp³-hybridized carbons (Fsp3) is 1.00. The Bertz CT molecular complexity index is 919. The molecule has 3 aliphatic heterocycles. The van der Waals surface area contributed by atoms with Gasteiger partial charge in [-0.2, -0.15) is 0 Å². The van der Waals surface area contributed by atoms with E-state index in [9.17, 15) is 0 Å². The Balaban J connectivity index is 1.30. The summed E-state index contributed by atoms with van der Waals surface area (Å²) >= 11 is 0. The SMILES string of the molecule is CCC[Si](C)(C)O[Si](C)(C)CC[Si]1(C)O[Si](C)(CCC2CCC3OC3C2)O[Si](C)(C)O[Si](C)(CCC2CCC3OC3C2)O1. The standard InChI is InChI=1S/C30H64O7Si6/c1-11-18-38(2,3)33-39(4,5)21-22-43(10)36-41(8,19-16-25-12-14-27-29(23-25)31-27)34-40(6,7)35-42(9,37-43)20-17-26-13-15-28-30(24-26)32-28/h25-30H,11-24H2,1-10H3. The van der Waals surface area contributed by atoms with Gasteiger partial charge in [0.2, 0.25) is 0 Å². The van der Waals surface area contributed by atoms with Gasteiger partial charge in [0, 0.05) is 0 Å². The highest BCUT2D eigenvalue weighted by Crippen LogP contribution is 2.45. The van der Waals surface area contributed by atoms with Crippen LogP contribution >= 0.6 is 0 Å². The highest BCUT2D eigenvalue weighted by molar-refractivity contribution is 6.94. The molecule has 3 heterocycles. The lowest BCUT2D eigenvalue weighted by molar-refractivity contribution is 0.220. The molecule has 0 aromatic carbocycles. The van der Waals surface area contributed by atoms with Crippen molar-refractivity contribution in [2.75, 3.05) is 0 Å². The molecule has 0 radical (unpaired) electrons. The van der Waals surface area contributed by atoms with E-state index in [2.05, 4.69) is 65.8 Å². The van der Waals surface area contributed by atoms with Crippen LogP contribution in [0.3, 0.4) is 0 Å². The van der Waals surface area contributed by atoms with E-state index in [-0.39, 0.29) is 0 Å². The van der Waals surface area contributed by atoms with Gasteiger partial charge in [-0.1, -0.05) is 13.3 Å². The highest BCUT2D eigenvalue weighted by Gasteiger charge is 2.56. The largest absolute Gasteiger partial charge is 0.456 e. The summed E-state index contributed by atoms with van der Waals surface area (Å²) in [5.74, 6) is 1.45. The van der Waals surface area contributed by atoms with Gasteiger partial charge in [-0.25, -0.2) is 0 Å². The quantitative estimate of drug-likeness (QED) is 0.140. The molecule has 2 saturated carbocycles. The van der Waals surface area contributed by atoms with Crippen molar-refractivity contribution in [1.82, 2.24) is 0 Å². The van der Waals surface area contributed by atoms with E-state index >= 15 is 0 Å². The second-order valence-electron chi connectivity index (χ2n) is 16.9. The summed E-state index contributed by atoms with van der Waals surface area (Å²) in [6, 6.07) is 5.33. The molecule has 13 heteroatoms. The third-order valence-electron chi connectivity index (χ3n) is 10.6. The summed E-state index contributed by atoms with van der Waals surface area (Å²) in [4.78, 5) is 0. The van der Waals surface area contributed by atoms with Crippen LogP contribution < -0.4 is 0 Å². The molecule has 43 heavy (non-hydrogen) atoms. The van der Waals surface area contributed by atoms with Gasteiger partial charge in [-0.15, -0.1) is 0 Å². The first-order chi connectivity index (χ1) is 19.9. The number of hydrogen-bond acceptors (Lipinski definition) is 7. The van der Waals surface area contributed by atoms with Crippen molar-refractivity contribution in [1.29, 1.82) is 0 Å². The number of ether oxygens (including phenoxy) is 2. The van der Waals surface area contributed by atoms with E-state index in [0.717, 1.165) is 36.0 Å². The van der Waals surface area contributed by atoms with Crippen LogP contribution in [0.15, 0.2) is 0 Å². The molecule has 0 aromatic heterocycles. The molecule has 8 unspecified atom stereocenters. The smallest absolute Gasteiger partial charge is 0.317 e. The van der Waals surface area contributed by atoms with Gasteiger partial charge < -0.3 is 30.0 Å². The first-order valence-corrected chi connectivity index (χ1v) is 34.3. The van der Waals surface area contributed by atoms with Crippen molar-refractivity contribution in [3.8, 4) is 0 Å². The molecule has 2 aliphatic carbocycles. The van der Waals surface area contributed by atoms with Crippen LogP contribution in [-0.4, -0.2) is 75.3 Å². The summed E-state index contributed by atoms with van der Waals surface area (Å²) in [7, 11) is -13.7. The minimum Gasteiger partial charge on any atom is -0.456 e. The predicted molar refractivity (Wildman–Crippen MR) is 188 cm³/mol. The van der Waals surface area contributed by atoms with Crippen LogP contribution in [0.25, 0.3) is 0 Å². The number of rotatable bonds is 13. The Morgan fingerprint density at radius 1 is 0.581 bits per heavy atom. The maximum absolute atomic E-state index is 7.46. The second kappa shape index (κ2) is 13.1. The summed E-state index contributed by atoms with van der Waals surface area (Å²) < 4.78 is 48.1. The summed E-state index contributed by atoms with van der Waals surface area (Å²) in [5, 5.41) is 0. The molecular formula is C30H64O7Si6. The van der Waals surface area contributed by atoms with Crippen LogP contribution in [-0.2, 0) is 30.0 Å². The third-order valence-corrected chi connectivity index (χ3v) is 36.5. The Morgan fingerprint density at radius 2 is 1.02 bits per heavy atom. The van der Waals surface area contributed by atoms with E-state index in [1.807, 2.05) is 0 Å². The maximum Gasteiger partial charge on any atom is 0.317 e. The second-order valence-corrected chi connectivity index (χ2v) is 40.2. The Labute approximate surface area is 270 Å². The minimum absolute atomic E-state index is 0.519. The molecule has 0 bridgehead atoms. The lowest BCUT2D eigenvalue weighted by atomic mass is 9.88. The van der Waals surface area contributed by atoms with Gasteiger partial charge >= 0.3 is 34.2 Å². The monoisotopic (exact) mass is 704 g/mol. The molecule has 7 nitrogen and oxygen atoms in total. The average molecular weight is 705 g/mol. The molecule has 0 N–H and O–H groups in total. The minimum atomic E-state index is -2.62.